The first-order valence-electron chi connectivity index (χ1n) is 12.2. The monoisotopic (exact) mass is 404 g/mol. The Labute approximate surface area is 176 Å². The van der Waals surface area contributed by atoms with E-state index in [0.29, 0.717) is 28.6 Å². The maximum absolute atomic E-state index is 12.1. The van der Waals surface area contributed by atoms with Crippen LogP contribution in [-0.4, -0.2) is 29.6 Å². The minimum Gasteiger partial charge on any atom is -0.481 e. The lowest BCUT2D eigenvalue weighted by Gasteiger charge is -2.60. The van der Waals surface area contributed by atoms with E-state index in [0.717, 1.165) is 62.9 Å². The maximum Gasteiger partial charge on any atom is 0.303 e. The second-order valence-corrected chi connectivity index (χ2v) is 11.1. The molecule has 4 saturated carbocycles. The summed E-state index contributed by atoms with van der Waals surface area (Å²) < 4.78 is 6.42. The highest BCUT2D eigenvalue weighted by molar-refractivity contribution is 5.79. The molecule has 0 aromatic carbocycles. The smallest absolute Gasteiger partial charge is 0.303 e. The van der Waals surface area contributed by atoms with Gasteiger partial charge >= 0.3 is 5.97 Å². The SMILES string of the molecule is C[C@]12CCC(=O)C[C@@H]1CC[C@@H]1[C@@H]2CC[C@]2(C)[C@@H](OCCCCCC(=O)O)CC[C@@H]12. The van der Waals surface area contributed by atoms with Gasteiger partial charge in [-0.25, -0.2) is 0 Å². The molecule has 0 heterocycles. The number of carboxylic acid groups (broad SMARTS) is 1. The standard InChI is InChI=1S/C25H40O4/c1-24-13-11-18(26)16-17(24)7-8-19-20-9-10-22(25(20,2)14-12-21(19)24)29-15-5-3-4-6-23(27)28/h17,19-22H,3-16H2,1-2H3,(H,27,28)/t17-,19-,20-,21-,22-,24-,25-/m0/s1. The average Bonchev–Trinajstić information content (AvgIpc) is 3.01. The molecule has 164 valence electrons. The summed E-state index contributed by atoms with van der Waals surface area (Å²) in [5.41, 5.74) is 0.706. The summed E-state index contributed by atoms with van der Waals surface area (Å²) in [7, 11) is 0. The fraction of sp³-hybridized carbons (Fsp3) is 0.920. The van der Waals surface area contributed by atoms with Gasteiger partial charge in [-0.2, -0.15) is 0 Å². The zero-order chi connectivity index (χ0) is 20.6. The zero-order valence-electron chi connectivity index (χ0n) is 18.5. The van der Waals surface area contributed by atoms with E-state index >= 15 is 0 Å². The predicted molar refractivity (Wildman–Crippen MR) is 113 cm³/mol. The highest BCUT2D eigenvalue weighted by Crippen LogP contribution is 2.66. The molecule has 4 aliphatic rings. The van der Waals surface area contributed by atoms with Crippen LogP contribution in [0.25, 0.3) is 0 Å². The Bertz CT molecular complexity index is 630. The lowest BCUT2D eigenvalue weighted by molar-refractivity contribution is -0.145. The first-order chi connectivity index (χ1) is 13.8. The summed E-state index contributed by atoms with van der Waals surface area (Å²) >= 11 is 0. The van der Waals surface area contributed by atoms with Crippen molar-refractivity contribution in [3.63, 3.8) is 0 Å². The van der Waals surface area contributed by atoms with Gasteiger partial charge in [0.15, 0.2) is 0 Å². The minimum atomic E-state index is -0.695. The maximum atomic E-state index is 12.1. The number of ether oxygens (including phenoxy) is 1. The van der Waals surface area contributed by atoms with E-state index < -0.39 is 5.97 Å². The van der Waals surface area contributed by atoms with Gasteiger partial charge in [-0.15, -0.1) is 0 Å². The first-order valence-corrected chi connectivity index (χ1v) is 12.2. The number of aliphatic carboxylic acids is 1. The van der Waals surface area contributed by atoms with E-state index in [1.54, 1.807) is 0 Å². The molecule has 4 aliphatic carbocycles. The van der Waals surface area contributed by atoms with Gasteiger partial charge in [-0.1, -0.05) is 20.3 Å². The number of unbranched alkanes of at least 4 members (excludes halogenated alkanes) is 2. The van der Waals surface area contributed by atoms with Crippen LogP contribution in [0.15, 0.2) is 0 Å². The Morgan fingerprint density at radius 1 is 1.00 bits per heavy atom. The summed E-state index contributed by atoms with van der Waals surface area (Å²) in [6.07, 6.45) is 13.8. The van der Waals surface area contributed by atoms with Crippen molar-refractivity contribution in [2.45, 2.75) is 103 Å². The third kappa shape index (κ3) is 3.91. The molecule has 0 saturated heterocycles. The van der Waals surface area contributed by atoms with E-state index in [2.05, 4.69) is 13.8 Å². The molecule has 0 radical (unpaired) electrons. The van der Waals surface area contributed by atoms with Crippen molar-refractivity contribution in [1.29, 1.82) is 0 Å². The number of carbonyl (C=O) groups is 2. The highest BCUT2D eigenvalue weighted by Gasteiger charge is 2.60. The second-order valence-electron chi connectivity index (χ2n) is 11.1. The number of rotatable bonds is 7. The molecular weight excluding hydrogens is 364 g/mol. The molecule has 4 nitrogen and oxygen atoms in total. The summed E-state index contributed by atoms with van der Waals surface area (Å²) in [5, 5.41) is 8.76. The molecule has 0 aromatic heterocycles. The van der Waals surface area contributed by atoms with Crippen LogP contribution in [0.5, 0.6) is 0 Å². The molecule has 0 bridgehead atoms. The lowest BCUT2D eigenvalue weighted by atomic mass is 9.45. The second kappa shape index (κ2) is 8.32. The largest absolute Gasteiger partial charge is 0.481 e. The van der Waals surface area contributed by atoms with Crippen molar-refractivity contribution in [3.8, 4) is 0 Å². The van der Waals surface area contributed by atoms with E-state index in [4.69, 9.17) is 9.84 Å². The number of fused-ring (bicyclic) bond motifs is 5. The fourth-order valence-corrected chi connectivity index (χ4v) is 8.05. The average molecular weight is 405 g/mol. The number of hydrogen-bond acceptors (Lipinski definition) is 3. The van der Waals surface area contributed by atoms with E-state index in [-0.39, 0.29) is 6.42 Å². The molecule has 0 unspecified atom stereocenters. The van der Waals surface area contributed by atoms with Crippen molar-refractivity contribution in [3.05, 3.63) is 0 Å². The van der Waals surface area contributed by atoms with E-state index in [1.165, 1.54) is 38.5 Å². The quantitative estimate of drug-likeness (QED) is 0.559. The van der Waals surface area contributed by atoms with Gasteiger partial charge in [0.25, 0.3) is 0 Å². The van der Waals surface area contributed by atoms with Crippen LogP contribution >= 0.6 is 0 Å². The van der Waals surface area contributed by atoms with Crippen molar-refractivity contribution in [2.24, 2.45) is 34.5 Å². The number of ketones is 1. The van der Waals surface area contributed by atoms with Crippen molar-refractivity contribution in [2.75, 3.05) is 6.61 Å². The van der Waals surface area contributed by atoms with Gasteiger partial charge in [-0.3, -0.25) is 9.59 Å². The van der Waals surface area contributed by atoms with Crippen LogP contribution in [0.1, 0.15) is 97.3 Å². The van der Waals surface area contributed by atoms with Crippen LogP contribution in [0, 0.1) is 34.5 Å². The molecule has 0 spiro atoms. The van der Waals surface area contributed by atoms with Crippen molar-refractivity contribution in [1.82, 2.24) is 0 Å². The Morgan fingerprint density at radius 3 is 2.59 bits per heavy atom. The molecule has 4 fully saturated rings. The molecule has 7 atom stereocenters. The van der Waals surface area contributed by atoms with Gasteiger partial charge in [-0.05, 0) is 92.3 Å². The van der Waals surface area contributed by atoms with E-state index in [9.17, 15) is 9.59 Å². The summed E-state index contributed by atoms with van der Waals surface area (Å²) in [5.74, 6) is 2.86. The molecule has 1 N–H and O–H groups in total. The third-order valence-electron chi connectivity index (χ3n) is 9.75. The first kappa shape index (κ1) is 21.3. The van der Waals surface area contributed by atoms with Gasteiger partial charge < -0.3 is 9.84 Å². The Morgan fingerprint density at radius 2 is 1.79 bits per heavy atom. The van der Waals surface area contributed by atoms with Gasteiger partial charge in [0.05, 0.1) is 6.10 Å². The van der Waals surface area contributed by atoms with E-state index in [1.807, 2.05) is 0 Å². The molecule has 0 aromatic rings. The van der Waals surface area contributed by atoms with Crippen LogP contribution in [-0.2, 0) is 14.3 Å². The Hall–Kier alpha value is -0.900. The Balaban J connectivity index is 1.35. The minimum absolute atomic E-state index is 0.275. The third-order valence-corrected chi connectivity index (χ3v) is 9.75. The normalized spacial score (nSPS) is 44.1. The molecular formula is C25H40O4. The zero-order valence-corrected chi connectivity index (χ0v) is 18.5. The molecule has 29 heavy (non-hydrogen) atoms. The van der Waals surface area contributed by atoms with Crippen LogP contribution in [0.2, 0.25) is 0 Å². The van der Waals surface area contributed by atoms with Crippen LogP contribution in [0.3, 0.4) is 0 Å². The predicted octanol–water partition coefficient (Wildman–Crippen LogP) is 5.63. The highest BCUT2D eigenvalue weighted by atomic mass is 16.5. The number of carbonyl (C=O) groups excluding carboxylic acids is 1. The molecule has 0 aliphatic heterocycles. The van der Waals surface area contributed by atoms with Gasteiger partial charge in [0, 0.05) is 25.9 Å². The summed E-state index contributed by atoms with van der Waals surface area (Å²) in [4.78, 5) is 22.7. The number of hydrogen-bond donors (Lipinski definition) is 1. The molecule has 4 heteroatoms. The topological polar surface area (TPSA) is 63.6 Å². The number of Topliss-reactive ketones (excluding diaryl/α,β-unsaturated/α-hetero) is 1. The summed E-state index contributed by atoms with van der Waals surface area (Å²) in [6, 6.07) is 0. The number of carboxylic acids is 1. The lowest BCUT2D eigenvalue weighted by Crippen LogP contribution is -2.54. The fourth-order valence-electron chi connectivity index (χ4n) is 8.05. The van der Waals surface area contributed by atoms with Crippen molar-refractivity contribution < 1.29 is 19.4 Å². The van der Waals surface area contributed by atoms with Gasteiger partial charge in [0.1, 0.15) is 5.78 Å². The van der Waals surface area contributed by atoms with Gasteiger partial charge in [0.2, 0.25) is 0 Å². The van der Waals surface area contributed by atoms with Crippen molar-refractivity contribution >= 4 is 11.8 Å². The summed E-state index contributed by atoms with van der Waals surface area (Å²) in [6.45, 7) is 5.79. The van der Waals surface area contributed by atoms with Crippen LogP contribution in [0.4, 0.5) is 0 Å². The molecule has 4 rings (SSSR count). The van der Waals surface area contributed by atoms with Crippen LogP contribution < -0.4 is 0 Å². The Kier molecular flexibility index (Phi) is 6.12. The molecule has 0 amide bonds.